The predicted octanol–water partition coefficient (Wildman–Crippen LogP) is 1.52. The molecule has 4 nitrogen and oxygen atoms in total. The lowest BCUT2D eigenvalue weighted by atomic mass is 10.1. The molecule has 1 N–H and O–H groups in total. The van der Waals surface area contributed by atoms with Crippen molar-refractivity contribution in [2.45, 2.75) is 25.5 Å². The second kappa shape index (κ2) is 8.04. The standard InChI is InChI=1S/C17H23NO3/c1-14-17(9-12-20-14)18(2)10-13-21-16-7-5-15(6-8-16)4-3-11-19/h5-8,14,17,19H,9-13H2,1-2H3. The first-order valence-corrected chi connectivity index (χ1v) is 7.35. The van der Waals surface area contributed by atoms with E-state index in [9.17, 15) is 0 Å². The number of nitrogens with zero attached hydrogens (tertiary/aromatic N) is 1. The molecule has 0 spiro atoms. The highest BCUT2D eigenvalue weighted by Gasteiger charge is 2.27. The summed E-state index contributed by atoms with van der Waals surface area (Å²) in [5, 5.41) is 8.65. The van der Waals surface area contributed by atoms with Crippen molar-refractivity contribution in [1.82, 2.24) is 4.90 Å². The van der Waals surface area contributed by atoms with E-state index >= 15 is 0 Å². The third-order valence-electron chi connectivity index (χ3n) is 3.78. The molecule has 114 valence electrons. The average Bonchev–Trinajstić information content (AvgIpc) is 2.92. The minimum absolute atomic E-state index is 0.117. The summed E-state index contributed by atoms with van der Waals surface area (Å²) in [4.78, 5) is 2.30. The Labute approximate surface area is 126 Å². The Hall–Kier alpha value is -1.54. The minimum atomic E-state index is -0.117. The molecule has 1 saturated heterocycles. The van der Waals surface area contributed by atoms with Crippen LogP contribution >= 0.6 is 0 Å². The molecule has 0 aliphatic carbocycles. The third-order valence-corrected chi connectivity index (χ3v) is 3.78. The van der Waals surface area contributed by atoms with Gasteiger partial charge in [0.15, 0.2) is 0 Å². The van der Waals surface area contributed by atoms with E-state index in [0.717, 1.165) is 30.9 Å². The Balaban J connectivity index is 1.75. The fourth-order valence-electron chi connectivity index (χ4n) is 2.55. The summed E-state index contributed by atoms with van der Waals surface area (Å²) in [5.74, 6) is 6.33. The Kier molecular flexibility index (Phi) is 6.06. The van der Waals surface area contributed by atoms with Gasteiger partial charge in [0.05, 0.1) is 6.10 Å². The van der Waals surface area contributed by atoms with E-state index in [0.29, 0.717) is 18.8 Å². The van der Waals surface area contributed by atoms with Gasteiger partial charge in [-0.25, -0.2) is 0 Å². The van der Waals surface area contributed by atoms with Crippen LogP contribution in [0.3, 0.4) is 0 Å². The molecule has 21 heavy (non-hydrogen) atoms. The minimum Gasteiger partial charge on any atom is -0.492 e. The van der Waals surface area contributed by atoms with Gasteiger partial charge in [-0.05, 0) is 44.7 Å². The molecule has 0 bridgehead atoms. The molecule has 0 amide bonds. The van der Waals surface area contributed by atoms with E-state index in [-0.39, 0.29) is 6.61 Å². The number of hydrogen-bond acceptors (Lipinski definition) is 4. The number of likely N-dealkylation sites (N-methyl/N-ethyl adjacent to an activating group) is 1. The van der Waals surface area contributed by atoms with Crippen LogP contribution in [0.2, 0.25) is 0 Å². The molecule has 0 saturated carbocycles. The van der Waals surface area contributed by atoms with Crippen molar-refractivity contribution in [3.05, 3.63) is 29.8 Å². The first-order chi connectivity index (χ1) is 10.2. The first-order valence-electron chi connectivity index (χ1n) is 7.35. The number of rotatable bonds is 5. The second-order valence-corrected chi connectivity index (χ2v) is 5.25. The zero-order chi connectivity index (χ0) is 15.1. The van der Waals surface area contributed by atoms with Gasteiger partial charge in [0.1, 0.15) is 19.0 Å². The topological polar surface area (TPSA) is 41.9 Å². The highest BCUT2D eigenvalue weighted by Crippen LogP contribution is 2.18. The fraction of sp³-hybridized carbons (Fsp3) is 0.529. The Morgan fingerprint density at radius 3 is 2.76 bits per heavy atom. The molecule has 0 radical (unpaired) electrons. The van der Waals surface area contributed by atoms with E-state index in [1.807, 2.05) is 24.3 Å². The number of aliphatic hydroxyl groups excluding tert-OH is 1. The molecule has 2 rings (SSSR count). The maximum Gasteiger partial charge on any atom is 0.119 e. The molecule has 0 aromatic heterocycles. The van der Waals surface area contributed by atoms with Crippen LogP contribution in [-0.4, -0.2) is 55.6 Å². The van der Waals surface area contributed by atoms with Gasteiger partial charge in [0.2, 0.25) is 0 Å². The predicted molar refractivity (Wildman–Crippen MR) is 82.3 cm³/mol. The van der Waals surface area contributed by atoms with Gasteiger partial charge in [-0.3, -0.25) is 4.90 Å². The summed E-state index contributed by atoms with van der Waals surface area (Å²) in [6.07, 6.45) is 1.40. The number of ether oxygens (including phenoxy) is 2. The Bertz CT molecular complexity index is 489. The monoisotopic (exact) mass is 289 g/mol. The van der Waals surface area contributed by atoms with Gasteiger partial charge < -0.3 is 14.6 Å². The fourth-order valence-corrected chi connectivity index (χ4v) is 2.55. The maximum absolute atomic E-state index is 8.65. The average molecular weight is 289 g/mol. The lowest BCUT2D eigenvalue weighted by molar-refractivity contribution is 0.0787. The molecule has 2 atom stereocenters. The molecule has 1 fully saturated rings. The van der Waals surface area contributed by atoms with Crippen molar-refractivity contribution >= 4 is 0 Å². The summed E-state index contributed by atoms with van der Waals surface area (Å²) in [6, 6.07) is 8.10. The molecule has 4 heteroatoms. The Morgan fingerprint density at radius 2 is 2.14 bits per heavy atom. The van der Waals surface area contributed by atoms with Crippen LogP contribution in [-0.2, 0) is 4.74 Å². The quantitative estimate of drug-likeness (QED) is 0.835. The third kappa shape index (κ3) is 4.75. The molecular formula is C17H23NO3. The summed E-state index contributed by atoms with van der Waals surface area (Å²) in [5.41, 5.74) is 0.880. The zero-order valence-corrected chi connectivity index (χ0v) is 12.7. The molecule has 1 aromatic rings. The van der Waals surface area contributed by atoms with Crippen molar-refractivity contribution < 1.29 is 14.6 Å². The molecular weight excluding hydrogens is 266 g/mol. The summed E-state index contributed by atoms with van der Waals surface area (Å²) < 4.78 is 11.3. The molecule has 1 aliphatic heterocycles. The molecule has 1 heterocycles. The van der Waals surface area contributed by atoms with Crippen LogP contribution in [0.15, 0.2) is 24.3 Å². The van der Waals surface area contributed by atoms with E-state index in [1.54, 1.807) is 0 Å². The van der Waals surface area contributed by atoms with E-state index in [2.05, 4.69) is 30.7 Å². The second-order valence-electron chi connectivity index (χ2n) is 5.25. The number of aliphatic hydroxyl groups is 1. The number of hydrogen-bond donors (Lipinski definition) is 1. The smallest absolute Gasteiger partial charge is 0.119 e. The molecule has 2 unspecified atom stereocenters. The van der Waals surface area contributed by atoms with Crippen LogP contribution in [0.4, 0.5) is 0 Å². The Morgan fingerprint density at radius 1 is 1.38 bits per heavy atom. The molecule has 1 aromatic carbocycles. The highest BCUT2D eigenvalue weighted by atomic mass is 16.5. The normalized spacial score (nSPS) is 21.1. The van der Waals surface area contributed by atoms with Gasteiger partial charge in [-0.2, -0.15) is 0 Å². The van der Waals surface area contributed by atoms with Crippen molar-refractivity contribution in [1.29, 1.82) is 0 Å². The van der Waals surface area contributed by atoms with Crippen LogP contribution in [0.25, 0.3) is 0 Å². The number of benzene rings is 1. The van der Waals surface area contributed by atoms with E-state index in [4.69, 9.17) is 14.6 Å². The van der Waals surface area contributed by atoms with Gasteiger partial charge in [-0.1, -0.05) is 11.8 Å². The zero-order valence-electron chi connectivity index (χ0n) is 12.7. The van der Waals surface area contributed by atoms with Gasteiger partial charge >= 0.3 is 0 Å². The summed E-state index contributed by atoms with van der Waals surface area (Å²) in [7, 11) is 2.12. The SMILES string of the molecule is CC1OCCC1N(C)CCOc1ccc(C#CCO)cc1. The van der Waals surface area contributed by atoms with Crippen LogP contribution < -0.4 is 4.74 Å². The van der Waals surface area contributed by atoms with Crippen molar-refractivity contribution in [2.75, 3.05) is 33.4 Å². The van der Waals surface area contributed by atoms with Gasteiger partial charge in [-0.15, -0.1) is 0 Å². The van der Waals surface area contributed by atoms with Gasteiger partial charge in [0, 0.05) is 24.8 Å². The van der Waals surface area contributed by atoms with Crippen LogP contribution in [0, 0.1) is 11.8 Å². The summed E-state index contributed by atoms with van der Waals surface area (Å²) >= 11 is 0. The lowest BCUT2D eigenvalue weighted by Crippen LogP contribution is -2.39. The first kappa shape index (κ1) is 15.8. The van der Waals surface area contributed by atoms with Crippen LogP contribution in [0.5, 0.6) is 5.75 Å². The summed E-state index contributed by atoms with van der Waals surface area (Å²) in [6.45, 7) is 4.40. The molecule has 1 aliphatic rings. The van der Waals surface area contributed by atoms with Gasteiger partial charge in [0.25, 0.3) is 0 Å². The van der Waals surface area contributed by atoms with Crippen molar-refractivity contribution in [3.8, 4) is 17.6 Å². The van der Waals surface area contributed by atoms with Crippen molar-refractivity contribution in [3.63, 3.8) is 0 Å². The van der Waals surface area contributed by atoms with Crippen LogP contribution in [0.1, 0.15) is 18.9 Å². The maximum atomic E-state index is 8.65. The van der Waals surface area contributed by atoms with Crippen molar-refractivity contribution in [2.24, 2.45) is 0 Å². The largest absolute Gasteiger partial charge is 0.492 e. The lowest BCUT2D eigenvalue weighted by Gasteiger charge is -2.26. The van der Waals surface area contributed by atoms with E-state index < -0.39 is 0 Å². The van der Waals surface area contributed by atoms with E-state index in [1.165, 1.54) is 0 Å². The highest BCUT2D eigenvalue weighted by molar-refractivity contribution is 5.38.